The second-order valence-corrected chi connectivity index (χ2v) is 4.19. The number of aliphatic hydroxyl groups is 1. The third kappa shape index (κ3) is 7.02. The number of nitrogens with two attached hydrogens (primary N) is 2. The summed E-state index contributed by atoms with van der Waals surface area (Å²) in [5.74, 6) is -2.57. The van der Waals surface area contributed by atoms with Gasteiger partial charge in [0.2, 0.25) is 11.8 Å². The lowest BCUT2D eigenvalue weighted by molar-refractivity contribution is -0.142. The quantitative estimate of drug-likeness (QED) is 0.235. The zero-order valence-corrected chi connectivity index (χ0v) is 11.2. The molecule has 0 aliphatic rings. The second kappa shape index (κ2) is 10.1. The number of carboxylic acids is 1. The molecule has 0 aromatic carbocycles. The Kier molecular flexibility index (Phi) is 9.26. The molecule has 0 aromatic heterocycles. The van der Waals surface area contributed by atoms with E-state index in [-0.39, 0.29) is 13.0 Å². The molecule has 2 atom stereocenters. The fourth-order valence-corrected chi connectivity index (χ4v) is 1.47. The van der Waals surface area contributed by atoms with Crippen molar-refractivity contribution in [1.29, 1.82) is 0 Å². The fourth-order valence-electron chi connectivity index (χ4n) is 1.47. The summed E-state index contributed by atoms with van der Waals surface area (Å²) in [5, 5.41) is 22.5. The Morgan fingerprint density at radius 3 is 2.15 bits per heavy atom. The topological polar surface area (TPSA) is 168 Å². The third-order valence-corrected chi connectivity index (χ3v) is 2.58. The number of nitrogens with one attached hydrogen (secondary N) is 2. The van der Waals surface area contributed by atoms with Crippen LogP contribution >= 0.6 is 0 Å². The molecule has 0 fully saturated rings. The first kappa shape index (κ1) is 18.3. The van der Waals surface area contributed by atoms with E-state index >= 15 is 0 Å². The van der Waals surface area contributed by atoms with Gasteiger partial charge in [0.15, 0.2) is 0 Å². The minimum absolute atomic E-state index is 0.223. The number of carbonyl (C=O) groups excluding carboxylic acids is 2. The molecule has 20 heavy (non-hydrogen) atoms. The third-order valence-electron chi connectivity index (χ3n) is 2.58. The average Bonchev–Trinajstić information content (AvgIpc) is 2.42. The summed E-state index contributed by atoms with van der Waals surface area (Å²) in [6.45, 7) is -0.540. The van der Waals surface area contributed by atoms with Crippen LogP contribution in [0.3, 0.4) is 0 Å². The van der Waals surface area contributed by atoms with E-state index in [2.05, 4.69) is 10.6 Å². The van der Waals surface area contributed by atoms with Crippen LogP contribution in [0.5, 0.6) is 0 Å². The second-order valence-electron chi connectivity index (χ2n) is 4.19. The molecule has 0 spiro atoms. The van der Waals surface area contributed by atoms with E-state index < -0.39 is 36.5 Å². The van der Waals surface area contributed by atoms with Gasteiger partial charge in [-0.15, -0.1) is 0 Å². The molecule has 2 amide bonds. The first-order chi connectivity index (χ1) is 9.46. The van der Waals surface area contributed by atoms with Crippen LogP contribution in [0.1, 0.15) is 19.3 Å². The number of aliphatic carboxylic acids is 1. The van der Waals surface area contributed by atoms with Crippen LogP contribution in [0.25, 0.3) is 0 Å². The average molecular weight is 290 g/mol. The monoisotopic (exact) mass is 290 g/mol. The van der Waals surface area contributed by atoms with Crippen molar-refractivity contribution in [2.75, 3.05) is 19.7 Å². The van der Waals surface area contributed by atoms with E-state index in [4.69, 9.17) is 21.7 Å². The van der Waals surface area contributed by atoms with Crippen LogP contribution in [-0.2, 0) is 14.4 Å². The Balaban J connectivity index is 4.47. The Bertz CT molecular complexity index is 337. The van der Waals surface area contributed by atoms with E-state index in [1.165, 1.54) is 0 Å². The molecule has 0 heterocycles. The molecule has 116 valence electrons. The van der Waals surface area contributed by atoms with Crippen molar-refractivity contribution in [3.8, 4) is 0 Å². The molecular weight excluding hydrogens is 268 g/mol. The van der Waals surface area contributed by atoms with Crippen molar-refractivity contribution in [3.63, 3.8) is 0 Å². The zero-order chi connectivity index (χ0) is 15.5. The van der Waals surface area contributed by atoms with E-state index in [1.807, 2.05) is 0 Å². The normalized spacial score (nSPS) is 13.3. The fraction of sp³-hybridized carbons (Fsp3) is 0.727. The van der Waals surface area contributed by atoms with Crippen molar-refractivity contribution in [2.45, 2.75) is 31.3 Å². The van der Waals surface area contributed by atoms with Gasteiger partial charge in [0, 0.05) is 0 Å². The van der Waals surface area contributed by atoms with Gasteiger partial charge in [-0.05, 0) is 25.8 Å². The van der Waals surface area contributed by atoms with E-state index in [0.29, 0.717) is 19.4 Å². The molecule has 0 saturated heterocycles. The summed E-state index contributed by atoms with van der Waals surface area (Å²) >= 11 is 0. The highest BCUT2D eigenvalue weighted by Crippen LogP contribution is 2.01. The molecule has 0 rings (SSSR count). The highest BCUT2D eigenvalue weighted by Gasteiger charge is 2.25. The van der Waals surface area contributed by atoms with Crippen molar-refractivity contribution < 1.29 is 24.6 Å². The van der Waals surface area contributed by atoms with Gasteiger partial charge in [-0.25, -0.2) is 4.79 Å². The van der Waals surface area contributed by atoms with Crippen molar-refractivity contribution in [3.05, 3.63) is 0 Å². The number of aliphatic hydroxyl groups excluding tert-OH is 1. The Labute approximate surface area is 116 Å². The minimum atomic E-state index is -1.22. The molecular formula is C11H22N4O5. The largest absolute Gasteiger partial charge is 0.480 e. The highest BCUT2D eigenvalue weighted by atomic mass is 16.4. The predicted molar refractivity (Wildman–Crippen MR) is 70.5 cm³/mol. The van der Waals surface area contributed by atoms with Crippen LogP contribution in [0.2, 0.25) is 0 Å². The van der Waals surface area contributed by atoms with Gasteiger partial charge in [0.1, 0.15) is 12.1 Å². The molecule has 0 saturated carbocycles. The van der Waals surface area contributed by atoms with E-state index in [0.717, 1.165) is 0 Å². The van der Waals surface area contributed by atoms with Gasteiger partial charge < -0.3 is 32.3 Å². The molecule has 0 aliphatic heterocycles. The number of carboxylic acid groups (broad SMARTS) is 1. The Morgan fingerprint density at radius 1 is 1.05 bits per heavy atom. The Morgan fingerprint density at radius 2 is 1.70 bits per heavy atom. The number of hydrogen-bond donors (Lipinski definition) is 6. The lowest BCUT2D eigenvalue weighted by atomic mass is 10.1. The van der Waals surface area contributed by atoms with Crippen LogP contribution in [0.4, 0.5) is 0 Å². The lowest BCUT2D eigenvalue weighted by Gasteiger charge is -2.19. The van der Waals surface area contributed by atoms with Crippen LogP contribution in [0.15, 0.2) is 0 Å². The summed E-state index contributed by atoms with van der Waals surface area (Å²) in [5.41, 5.74) is 10.4. The first-order valence-corrected chi connectivity index (χ1v) is 6.29. The summed E-state index contributed by atoms with van der Waals surface area (Å²) in [6, 6.07) is -2.31. The van der Waals surface area contributed by atoms with Crippen molar-refractivity contribution >= 4 is 17.8 Å². The van der Waals surface area contributed by atoms with Crippen molar-refractivity contribution in [2.24, 2.45) is 11.5 Å². The maximum absolute atomic E-state index is 11.8. The summed E-state index contributed by atoms with van der Waals surface area (Å²) in [7, 11) is 0. The first-order valence-electron chi connectivity index (χ1n) is 6.29. The van der Waals surface area contributed by atoms with Crippen molar-refractivity contribution in [1.82, 2.24) is 10.6 Å². The highest BCUT2D eigenvalue weighted by molar-refractivity contribution is 5.90. The van der Waals surface area contributed by atoms with Gasteiger partial charge in [-0.3, -0.25) is 9.59 Å². The number of hydrogen-bond acceptors (Lipinski definition) is 6. The number of unbranched alkanes of at least 4 members (excludes halogenated alkanes) is 1. The zero-order valence-electron chi connectivity index (χ0n) is 11.2. The molecule has 0 bridgehead atoms. The lowest BCUT2D eigenvalue weighted by Crippen LogP contribution is -2.54. The number of rotatable bonds is 10. The smallest absolute Gasteiger partial charge is 0.326 e. The maximum atomic E-state index is 11.8. The van der Waals surface area contributed by atoms with Gasteiger partial charge >= 0.3 is 5.97 Å². The summed E-state index contributed by atoms with van der Waals surface area (Å²) in [6.07, 6.45) is 1.42. The summed E-state index contributed by atoms with van der Waals surface area (Å²) in [4.78, 5) is 33.8. The van der Waals surface area contributed by atoms with Gasteiger partial charge in [0.25, 0.3) is 0 Å². The molecule has 0 aromatic rings. The number of carbonyl (C=O) groups is 3. The molecule has 0 radical (unpaired) electrons. The molecule has 0 aliphatic carbocycles. The van der Waals surface area contributed by atoms with Gasteiger partial charge in [-0.2, -0.15) is 0 Å². The minimum Gasteiger partial charge on any atom is -0.480 e. The standard InChI is InChI=1S/C11H22N4O5/c12-4-2-1-3-7(11(19)20)15-10(18)8(6-16)14-9(17)5-13/h7-8,16H,1-6,12-13H2,(H,14,17)(H,15,18)(H,19,20)/t7-,8-/m0/s1. The maximum Gasteiger partial charge on any atom is 0.326 e. The molecule has 9 heteroatoms. The molecule has 9 nitrogen and oxygen atoms in total. The molecule has 0 unspecified atom stereocenters. The van der Waals surface area contributed by atoms with E-state index in [9.17, 15) is 14.4 Å². The van der Waals surface area contributed by atoms with Gasteiger partial charge in [-0.1, -0.05) is 0 Å². The van der Waals surface area contributed by atoms with Crippen LogP contribution < -0.4 is 22.1 Å². The Hall–Kier alpha value is -1.71. The van der Waals surface area contributed by atoms with Gasteiger partial charge in [0.05, 0.1) is 13.2 Å². The number of amides is 2. The van der Waals surface area contributed by atoms with Crippen LogP contribution in [-0.4, -0.2) is 59.8 Å². The SMILES string of the molecule is NCCCC[C@H](NC(=O)[C@H](CO)NC(=O)CN)C(=O)O. The summed E-state index contributed by atoms with van der Waals surface area (Å²) < 4.78 is 0. The van der Waals surface area contributed by atoms with Crippen LogP contribution in [0, 0.1) is 0 Å². The predicted octanol–water partition coefficient (Wildman–Crippen LogP) is -2.88. The van der Waals surface area contributed by atoms with E-state index in [1.54, 1.807) is 0 Å². The molecule has 8 N–H and O–H groups in total.